The number of benzene rings is 1. The molecule has 0 aliphatic carbocycles. The fourth-order valence-electron chi connectivity index (χ4n) is 2.71. The number of alkyl halides is 4. The Kier molecular flexibility index (Phi) is 7.16. The van der Waals surface area contributed by atoms with Crippen molar-refractivity contribution < 1.29 is 46.1 Å². The first-order valence-corrected chi connectivity index (χ1v) is 8.73. The Labute approximate surface area is 170 Å². The van der Waals surface area contributed by atoms with Gasteiger partial charge in [0.25, 0.3) is 0 Å². The highest BCUT2D eigenvalue weighted by atomic mass is 19.3. The largest absolute Gasteiger partial charge is 0.467 e. The minimum atomic E-state index is -3.28. The summed E-state index contributed by atoms with van der Waals surface area (Å²) < 4.78 is 68.8. The number of methoxy groups -OCH3 is 1. The van der Waals surface area contributed by atoms with Crippen LogP contribution in [0.15, 0.2) is 24.3 Å². The van der Waals surface area contributed by atoms with Crippen molar-refractivity contribution in [3.05, 3.63) is 29.8 Å². The highest BCUT2D eigenvalue weighted by Gasteiger charge is 2.37. The zero-order valence-corrected chi connectivity index (χ0v) is 16.7. The third-order valence-electron chi connectivity index (χ3n) is 3.85. The molecule has 0 unspecified atom stereocenters. The molecule has 11 heteroatoms. The van der Waals surface area contributed by atoms with Crippen LogP contribution >= 0.6 is 0 Å². The lowest BCUT2D eigenvalue weighted by Gasteiger charge is -2.27. The number of carbonyl (C=O) groups excluding carboxylic acids is 2. The van der Waals surface area contributed by atoms with Crippen molar-refractivity contribution in [2.75, 3.05) is 13.7 Å². The number of halogens is 4. The summed E-state index contributed by atoms with van der Waals surface area (Å²) in [6.45, 7) is -1.68. The Bertz CT molecular complexity index is 822. The third-order valence-corrected chi connectivity index (χ3v) is 3.85. The van der Waals surface area contributed by atoms with Gasteiger partial charge in [-0.05, 0) is 50.1 Å². The second-order valence-electron chi connectivity index (χ2n) is 7.19. The van der Waals surface area contributed by atoms with E-state index in [9.17, 15) is 27.2 Å². The number of rotatable bonds is 6. The van der Waals surface area contributed by atoms with Gasteiger partial charge in [-0.15, -0.1) is 0 Å². The van der Waals surface area contributed by atoms with Gasteiger partial charge in [-0.1, -0.05) is 6.07 Å². The van der Waals surface area contributed by atoms with Crippen LogP contribution in [0.4, 0.5) is 22.4 Å². The minimum absolute atomic E-state index is 0.113. The van der Waals surface area contributed by atoms with Crippen LogP contribution < -0.4 is 9.47 Å². The Morgan fingerprint density at radius 2 is 1.67 bits per heavy atom. The highest BCUT2D eigenvalue weighted by molar-refractivity contribution is 5.90. The number of nitrogens with zero attached hydrogens (tertiary/aromatic N) is 1. The molecule has 0 saturated carbocycles. The third kappa shape index (κ3) is 6.01. The van der Waals surface area contributed by atoms with Gasteiger partial charge in [-0.2, -0.15) is 17.6 Å². The second kappa shape index (κ2) is 9.23. The fraction of sp³-hybridized carbons (Fsp3) is 0.474. The molecular weight excluding hydrogens is 414 g/mol. The quantitative estimate of drug-likeness (QED) is 0.496. The summed E-state index contributed by atoms with van der Waals surface area (Å²) in [6.07, 6.45) is 0.607. The fourth-order valence-corrected chi connectivity index (χ4v) is 2.71. The van der Waals surface area contributed by atoms with Gasteiger partial charge in [0.15, 0.2) is 17.5 Å². The number of amides is 1. The molecule has 1 aromatic rings. The van der Waals surface area contributed by atoms with Crippen LogP contribution in [0.2, 0.25) is 0 Å². The van der Waals surface area contributed by atoms with Crippen molar-refractivity contribution in [1.82, 2.24) is 4.90 Å². The first-order valence-electron chi connectivity index (χ1n) is 8.73. The molecule has 0 N–H and O–H groups in total. The average molecular weight is 435 g/mol. The van der Waals surface area contributed by atoms with E-state index in [1.165, 1.54) is 12.1 Å². The second-order valence-corrected chi connectivity index (χ2v) is 7.19. The molecule has 0 aromatic heterocycles. The summed E-state index contributed by atoms with van der Waals surface area (Å²) in [7, 11) is 1.15. The molecule has 166 valence electrons. The van der Waals surface area contributed by atoms with E-state index < -0.39 is 48.4 Å². The number of hydrogen-bond donors (Lipinski definition) is 0. The Morgan fingerprint density at radius 1 is 1.07 bits per heavy atom. The maximum Gasteiger partial charge on any atom is 0.411 e. The monoisotopic (exact) mass is 435 g/mol. The molecule has 0 saturated heterocycles. The van der Waals surface area contributed by atoms with E-state index in [0.29, 0.717) is 5.57 Å². The normalized spacial score (nSPS) is 16.5. The van der Waals surface area contributed by atoms with Gasteiger partial charge in [-0.25, -0.2) is 9.59 Å². The van der Waals surface area contributed by atoms with Crippen LogP contribution in [0.3, 0.4) is 0 Å². The molecule has 1 atom stereocenters. The van der Waals surface area contributed by atoms with Crippen LogP contribution in [0.1, 0.15) is 26.3 Å². The molecule has 0 bridgehead atoms. The van der Waals surface area contributed by atoms with E-state index >= 15 is 0 Å². The number of ether oxygens (including phenoxy) is 4. The molecule has 1 amide bonds. The number of hydrogen-bond acceptors (Lipinski definition) is 6. The highest BCUT2D eigenvalue weighted by Crippen LogP contribution is 2.35. The van der Waals surface area contributed by atoms with Crippen molar-refractivity contribution in [3.8, 4) is 11.5 Å². The van der Waals surface area contributed by atoms with Gasteiger partial charge >= 0.3 is 25.3 Å². The molecule has 1 heterocycles. The lowest BCUT2D eigenvalue weighted by molar-refractivity contribution is -0.144. The molecular formula is C19H21F4NO6. The first-order chi connectivity index (χ1) is 13.9. The van der Waals surface area contributed by atoms with E-state index in [1.54, 1.807) is 20.8 Å². The summed E-state index contributed by atoms with van der Waals surface area (Å²) in [6, 6.07) is 2.29. The van der Waals surface area contributed by atoms with Gasteiger partial charge in [0.1, 0.15) is 5.60 Å². The van der Waals surface area contributed by atoms with Crippen LogP contribution in [0.25, 0.3) is 5.57 Å². The van der Waals surface area contributed by atoms with Gasteiger partial charge in [-0.3, -0.25) is 4.90 Å². The van der Waals surface area contributed by atoms with Crippen LogP contribution in [-0.2, 0) is 14.3 Å². The minimum Gasteiger partial charge on any atom is -0.467 e. The summed E-state index contributed by atoms with van der Waals surface area (Å²) >= 11 is 0. The first kappa shape index (κ1) is 23.3. The summed E-state index contributed by atoms with van der Waals surface area (Å²) in [5.74, 6) is -1.94. The van der Waals surface area contributed by atoms with E-state index in [4.69, 9.17) is 9.47 Å². The topological polar surface area (TPSA) is 74.3 Å². The smallest absolute Gasteiger partial charge is 0.411 e. The van der Waals surface area contributed by atoms with E-state index in [2.05, 4.69) is 9.47 Å². The maximum absolute atomic E-state index is 12.7. The van der Waals surface area contributed by atoms with E-state index in [1.807, 2.05) is 0 Å². The van der Waals surface area contributed by atoms with E-state index in [0.717, 1.165) is 24.1 Å². The summed E-state index contributed by atoms with van der Waals surface area (Å²) in [4.78, 5) is 25.7. The molecule has 0 fully saturated rings. The molecule has 2 rings (SSSR count). The predicted molar refractivity (Wildman–Crippen MR) is 96.4 cm³/mol. The Balaban J connectivity index is 2.37. The zero-order valence-electron chi connectivity index (χ0n) is 16.7. The van der Waals surface area contributed by atoms with Crippen molar-refractivity contribution in [3.63, 3.8) is 0 Å². The van der Waals surface area contributed by atoms with Crippen molar-refractivity contribution in [2.24, 2.45) is 0 Å². The molecule has 0 spiro atoms. The molecule has 1 aliphatic rings. The van der Waals surface area contributed by atoms with Gasteiger partial charge in [0, 0.05) is 0 Å². The Morgan fingerprint density at radius 3 is 2.20 bits per heavy atom. The standard InChI is InChI=1S/C19H21F4NO6/c1-19(2,3)30-18(26)24-9-11(7-12(24)15(25)27-4)10-5-6-13(28-16(20)21)14(8-10)29-17(22)23/h5-8,12,16-17H,9H2,1-4H3/t12-/m1/s1. The lowest BCUT2D eigenvalue weighted by atomic mass is 10.1. The molecule has 1 aromatic carbocycles. The van der Waals surface area contributed by atoms with Crippen molar-refractivity contribution >= 4 is 17.6 Å². The van der Waals surface area contributed by atoms with Gasteiger partial charge in [0.2, 0.25) is 0 Å². The SMILES string of the molecule is COC(=O)[C@H]1C=C(c2ccc(OC(F)F)c(OC(F)F)c2)CN1C(=O)OC(C)(C)C. The Hall–Kier alpha value is -2.98. The number of carbonyl (C=O) groups is 2. The van der Waals surface area contributed by atoms with Crippen LogP contribution in [-0.4, -0.2) is 55.5 Å². The molecule has 7 nitrogen and oxygen atoms in total. The maximum atomic E-state index is 12.7. The average Bonchev–Trinajstić information content (AvgIpc) is 3.06. The van der Waals surface area contributed by atoms with Gasteiger partial charge in [0.05, 0.1) is 13.7 Å². The predicted octanol–water partition coefficient (Wildman–Crippen LogP) is 4.07. The molecule has 1 aliphatic heterocycles. The zero-order chi connectivity index (χ0) is 22.6. The van der Waals surface area contributed by atoms with Crippen molar-refractivity contribution in [1.29, 1.82) is 0 Å². The summed E-state index contributed by atoms with van der Waals surface area (Å²) in [5, 5.41) is 0. The lowest BCUT2D eigenvalue weighted by Crippen LogP contribution is -2.44. The molecule has 0 radical (unpaired) electrons. The van der Waals surface area contributed by atoms with Crippen LogP contribution in [0, 0.1) is 0 Å². The van der Waals surface area contributed by atoms with Crippen molar-refractivity contribution in [2.45, 2.75) is 45.6 Å². The molecule has 30 heavy (non-hydrogen) atoms. The van der Waals surface area contributed by atoms with Crippen LogP contribution in [0.5, 0.6) is 11.5 Å². The number of esters is 1. The van der Waals surface area contributed by atoms with E-state index in [-0.39, 0.29) is 12.1 Å². The summed E-state index contributed by atoms with van der Waals surface area (Å²) in [5.41, 5.74) is -0.196. The van der Waals surface area contributed by atoms with Gasteiger partial charge < -0.3 is 18.9 Å².